The Bertz CT molecular complexity index is 255. The lowest BCUT2D eigenvalue weighted by Gasteiger charge is -2.26. The zero-order valence-electron chi connectivity index (χ0n) is 12.8. The first kappa shape index (κ1) is 13.4. The minimum atomic E-state index is 0.601. The third-order valence-electron chi connectivity index (χ3n) is 6.17. The van der Waals surface area contributed by atoms with Gasteiger partial charge in [-0.1, -0.05) is 60.8 Å². The zero-order valence-corrected chi connectivity index (χ0v) is 12.8. The zero-order chi connectivity index (χ0) is 12.8. The second kappa shape index (κ2) is 4.59. The van der Waals surface area contributed by atoms with Crippen molar-refractivity contribution in [2.45, 2.75) is 67.2 Å². The van der Waals surface area contributed by atoms with Gasteiger partial charge in [-0.15, -0.1) is 0 Å². The van der Waals surface area contributed by atoms with E-state index in [9.17, 15) is 0 Å². The van der Waals surface area contributed by atoms with Gasteiger partial charge in [0.15, 0.2) is 0 Å². The molecular formula is C17H32. The van der Waals surface area contributed by atoms with Crippen molar-refractivity contribution < 1.29 is 0 Å². The molecule has 0 spiro atoms. The average molecular weight is 236 g/mol. The van der Waals surface area contributed by atoms with Gasteiger partial charge < -0.3 is 0 Å². The molecule has 5 unspecified atom stereocenters. The fourth-order valence-corrected chi connectivity index (χ4v) is 5.11. The van der Waals surface area contributed by atoms with Crippen molar-refractivity contribution in [1.82, 2.24) is 0 Å². The van der Waals surface area contributed by atoms with E-state index in [1.165, 1.54) is 25.7 Å². The third-order valence-corrected chi connectivity index (χ3v) is 6.17. The quantitative estimate of drug-likeness (QED) is 0.581. The van der Waals surface area contributed by atoms with Crippen molar-refractivity contribution in [3.05, 3.63) is 0 Å². The average Bonchev–Trinajstić information content (AvgIpc) is 3.14. The molecule has 0 nitrogen and oxygen atoms in total. The van der Waals surface area contributed by atoms with Crippen molar-refractivity contribution in [3.8, 4) is 0 Å². The molecule has 0 aromatic rings. The van der Waals surface area contributed by atoms with Crippen LogP contribution in [0.3, 0.4) is 0 Å². The summed E-state index contributed by atoms with van der Waals surface area (Å²) in [6.07, 6.45) is 5.71. The van der Waals surface area contributed by atoms with Crippen LogP contribution >= 0.6 is 0 Å². The largest absolute Gasteiger partial charge is 0.0651 e. The lowest BCUT2D eigenvalue weighted by molar-refractivity contribution is 0.233. The molecule has 100 valence electrons. The summed E-state index contributed by atoms with van der Waals surface area (Å²) >= 11 is 0. The van der Waals surface area contributed by atoms with E-state index in [1.807, 2.05) is 0 Å². The van der Waals surface area contributed by atoms with Crippen LogP contribution in [0.15, 0.2) is 0 Å². The Hall–Kier alpha value is 0. The molecule has 2 aliphatic rings. The van der Waals surface area contributed by atoms with E-state index >= 15 is 0 Å². The standard InChI is InChI=1S/C17H32/c1-7-12-11(4)15(12)10-17(5,6)16-13(8-2)14(16)9-3/h11-16H,7-10H2,1-6H3. The molecule has 2 fully saturated rings. The monoisotopic (exact) mass is 236 g/mol. The van der Waals surface area contributed by atoms with Gasteiger partial charge in [0.25, 0.3) is 0 Å². The van der Waals surface area contributed by atoms with Crippen LogP contribution < -0.4 is 0 Å². The predicted octanol–water partition coefficient (Wildman–Crippen LogP) is 5.38. The molecule has 0 heterocycles. The third kappa shape index (κ3) is 2.29. The van der Waals surface area contributed by atoms with E-state index in [2.05, 4.69) is 41.5 Å². The summed E-state index contributed by atoms with van der Waals surface area (Å²) in [6, 6.07) is 0. The summed E-state index contributed by atoms with van der Waals surface area (Å²) in [5, 5.41) is 0. The topological polar surface area (TPSA) is 0 Å². The smallest absolute Gasteiger partial charge is 0.0301 e. The Morgan fingerprint density at radius 2 is 1.24 bits per heavy atom. The lowest BCUT2D eigenvalue weighted by atomic mass is 9.79. The van der Waals surface area contributed by atoms with E-state index in [4.69, 9.17) is 0 Å². The summed E-state index contributed by atoms with van der Waals surface area (Å²) in [5.41, 5.74) is 0.601. The van der Waals surface area contributed by atoms with Gasteiger partial charge in [-0.3, -0.25) is 0 Å². The van der Waals surface area contributed by atoms with Gasteiger partial charge in [0.05, 0.1) is 0 Å². The maximum Gasteiger partial charge on any atom is -0.0301 e. The Labute approximate surface area is 109 Å². The van der Waals surface area contributed by atoms with Gasteiger partial charge in [0, 0.05) is 0 Å². The van der Waals surface area contributed by atoms with E-state index in [-0.39, 0.29) is 0 Å². The second-order valence-corrected chi connectivity index (χ2v) is 7.46. The number of hydrogen-bond acceptors (Lipinski definition) is 0. The van der Waals surface area contributed by atoms with Crippen LogP contribution in [0.5, 0.6) is 0 Å². The van der Waals surface area contributed by atoms with Crippen molar-refractivity contribution in [3.63, 3.8) is 0 Å². The molecule has 2 aliphatic carbocycles. The highest BCUT2D eigenvalue weighted by Crippen LogP contribution is 2.64. The molecular weight excluding hydrogens is 204 g/mol. The SMILES string of the molecule is CCC1C(C)C1CC(C)(C)C1C(CC)C1CC. The fraction of sp³-hybridized carbons (Fsp3) is 1.00. The van der Waals surface area contributed by atoms with Gasteiger partial charge in [-0.2, -0.15) is 0 Å². The Morgan fingerprint density at radius 3 is 1.59 bits per heavy atom. The summed E-state index contributed by atoms with van der Waals surface area (Å²) in [5.74, 6) is 6.23. The predicted molar refractivity (Wildman–Crippen MR) is 75.9 cm³/mol. The maximum absolute atomic E-state index is 2.55. The molecule has 0 aliphatic heterocycles. The highest BCUT2D eigenvalue weighted by Gasteiger charge is 2.57. The van der Waals surface area contributed by atoms with Crippen LogP contribution in [0.2, 0.25) is 0 Å². The summed E-state index contributed by atoms with van der Waals surface area (Å²) in [4.78, 5) is 0. The van der Waals surface area contributed by atoms with E-state index < -0.39 is 0 Å². The second-order valence-electron chi connectivity index (χ2n) is 7.46. The molecule has 0 radical (unpaired) electrons. The molecule has 2 rings (SSSR count). The van der Waals surface area contributed by atoms with Crippen molar-refractivity contribution in [2.24, 2.45) is 40.9 Å². The molecule has 2 saturated carbocycles. The molecule has 0 amide bonds. The lowest BCUT2D eigenvalue weighted by Crippen LogP contribution is -2.18. The van der Waals surface area contributed by atoms with Crippen LogP contribution in [0, 0.1) is 40.9 Å². The van der Waals surface area contributed by atoms with E-state index in [1.54, 1.807) is 0 Å². The first-order valence-corrected chi connectivity index (χ1v) is 7.97. The molecule has 0 N–H and O–H groups in total. The highest BCUT2D eigenvalue weighted by atomic mass is 14.6. The van der Waals surface area contributed by atoms with Crippen LogP contribution in [0.1, 0.15) is 67.2 Å². The van der Waals surface area contributed by atoms with Crippen molar-refractivity contribution in [2.75, 3.05) is 0 Å². The molecule has 5 atom stereocenters. The highest BCUT2D eigenvalue weighted by molar-refractivity contribution is 5.06. The van der Waals surface area contributed by atoms with E-state index in [0.29, 0.717) is 5.41 Å². The van der Waals surface area contributed by atoms with Gasteiger partial charge in [-0.05, 0) is 47.3 Å². The van der Waals surface area contributed by atoms with Crippen molar-refractivity contribution >= 4 is 0 Å². The fourth-order valence-electron chi connectivity index (χ4n) is 5.11. The molecule has 0 aromatic heterocycles. The number of hydrogen-bond donors (Lipinski definition) is 0. The summed E-state index contributed by atoms with van der Waals surface area (Å²) in [7, 11) is 0. The molecule has 0 bridgehead atoms. The summed E-state index contributed by atoms with van der Waals surface area (Å²) < 4.78 is 0. The molecule has 0 heteroatoms. The van der Waals surface area contributed by atoms with Crippen LogP contribution in [0.25, 0.3) is 0 Å². The van der Waals surface area contributed by atoms with Gasteiger partial charge in [0.2, 0.25) is 0 Å². The van der Waals surface area contributed by atoms with Crippen LogP contribution in [-0.4, -0.2) is 0 Å². The Kier molecular flexibility index (Phi) is 3.63. The first-order valence-electron chi connectivity index (χ1n) is 7.97. The maximum atomic E-state index is 2.55. The van der Waals surface area contributed by atoms with Crippen LogP contribution in [0.4, 0.5) is 0 Å². The van der Waals surface area contributed by atoms with Crippen molar-refractivity contribution in [1.29, 1.82) is 0 Å². The van der Waals surface area contributed by atoms with Gasteiger partial charge in [0.1, 0.15) is 0 Å². The Morgan fingerprint density at radius 1 is 0.765 bits per heavy atom. The summed E-state index contributed by atoms with van der Waals surface area (Å²) in [6.45, 7) is 14.7. The van der Waals surface area contributed by atoms with E-state index in [0.717, 1.165) is 35.5 Å². The minimum Gasteiger partial charge on any atom is -0.0651 e. The minimum absolute atomic E-state index is 0.601. The van der Waals surface area contributed by atoms with Gasteiger partial charge in [-0.25, -0.2) is 0 Å². The van der Waals surface area contributed by atoms with Crippen LogP contribution in [-0.2, 0) is 0 Å². The molecule has 0 aromatic carbocycles. The molecule has 0 saturated heterocycles. The normalized spacial score (nSPS) is 44.8. The first-order chi connectivity index (χ1) is 7.97. The number of rotatable bonds is 6. The molecule has 17 heavy (non-hydrogen) atoms. The Balaban J connectivity index is 1.92. The van der Waals surface area contributed by atoms with Gasteiger partial charge >= 0.3 is 0 Å².